The zero-order valence-corrected chi connectivity index (χ0v) is 14.1. The van der Waals surface area contributed by atoms with E-state index in [4.69, 9.17) is 10.2 Å². The highest BCUT2D eigenvalue weighted by atomic mass is 32.2. The molecule has 1 unspecified atom stereocenters. The number of nitrogens with two attached hydrogens (primary N) is 1. The molecule has 0 bridgehead atoms. The first-order valence-corrected chi connectivity index (χ1v) is 7.98. The van der Waals surface area contributed by atoms with Gasteiger partial charge in [-0.15, -0.1) is 0 Å². The number of aromatic amines is 1. The third kappa shape index (κ3) is 4.10. The van der Waals surface area contributed by atoms with Crippen LogP contribution in [-0.4, -0.2) is 43.4 Å². The Morgan fingerprint density at radius 1 is 1.20 bits per heavy atom. The Balaban J connectivity index is 0.00000156. The molecule has 3 aromatic rings. The Morgan fingerprint density at radius 2 is 1.88 bits per heavy atom. The van der Waals surface area contributed by atoms with Gasteiger partial charge in [-0.05, 0) is 35.7 Å². The molecule has 0 saturated carbocycles. The van der Waals surface area contributed by atoms with Gasteiger partial charge in [0.2, 0.25) is 0 Å². The number of aliphatic hydroxyl groups excluding tert-OH is 2. The highest BCUT2D eigenvalue weighted by Crippen LogP contribution is 2.29. The Labute approximate surface area is 147 Å². The van der Waals surface area contributed by atoms with Crippen LogP contribution < -0.4 is 10.7 Å². The lowest BCUT2D eigenvalue weighted by atomic mass is 10.1. The lowest BCUT2D eigenvalue weighted by molar-refractivity contribution is 0.0822. The van der Waals surface area contributed by atoms with Crippen LogP contribution in [0.25, 0.3) is 22.0 Å². The summed E-state index contributed by atoms with van der Waals surface area (Å²) in [4.78, 5) is 15.9. The number of H-pyrrole nitrogens is 1. The van der Waals surface area contributed by atoms with Gasteiger partial charge in [-0.3, -0.25) is 9.93 Å². The second kappa shape index (κ2) is 8.81. The molecule has 0 saturated heterocycles. The summed E-state index contributed by atoms with van der Waals surface area (Å²) < 4.78 is 1.78. The van der Waals surface area contributed by atoms with Crippen molar-refractivity contribution < 1.29 is 21.2 Å². The van der Waals surface area contributed by atoms with Crippen LogP contribution in [0.1, 0.15) is 0 Å². The monoisotopic (exact) mass is 367 g/mol. The van der Waals surface area contributed by atoms with E-state index in [2.05, 4.69) is 4.98 Å². The number of benzene rings is 1. The molecule has 0 fully saturated rings. The van der Waals surface area contributed by atoms with Gasteiger partial charge in [0.05, 0.1) is 30.2 Å². The second-order valence-electron chi connectivity index (χ2n) is 5.24. The maximum absolute atomic E-state index is 12.3. The topological polar surface area (TPSA) is 167 Å². The summed E-state index contributed by atoms with van der Waals surface area (Å²) in [7, 11) is 0. The zero-order chi connectivity index (χ0) is 16.4. The second-order valence-corrected chi connectivity index (χ2v) is 5.95. The van der Waals surface area contributed by atoms with Gasteiger partial charge in [0, 0.05) is 22.9 Å². The van der Waals surface area contributed by atoms with Gasteiger partial charge in [-0.1, -0.05) is 12.1 Å². The SMILES string of the molecule is NSc1ccc(-c2cn(CC(O)CO)c3cc[nH]c(=O)c23)cc1.O.O. The third-order valence-electron chi connectivity index (χ3n) is 3.72. The number of aromatic nitrogens is 2. The summed E-state index contributed by atoms with van der Waals surface area (Å²) >= 11 is 1.16. The van der Waals surface area contributed by atoms with Crippen LogP contribution in [0.15, 0.2) is 52.4 Å². The molecule has 1 aromatic carbocycles. The van der Waals surface area contributed by atoms with Crippen molar-refractivity contribution in [3.63, 3.8) is 0 Å². The van der Waals surface area contributed by atoms with Crippen molar-refractivity contribution in [2.45, 2.75) is 17.5 Å². The number of rotatable bonds is 5. The Morgan fingerprint density at radius 3 is 2.48 bits per heavy atom. The van der Waals surface area contributed by atoms with E-state index in [1.54, 1.807) is 16.8 Å². The van der Waals surface area contributed by atoms with Crippen LogP contribution in [0.4, 0.5) is 0 Å². The number of hydrogen-bond donors (Lipinski definition) is 4. The zero-order valence-electron chi connectivity index (χ0n) is 13.3. The molecule has 0 spiro atoms. The van der Waals surface area contributed by atoms with Crippen molar-refractivity contribution in [3.8, 4) is 11.1 Å². The minimum Gasteiger partial charge on any atom is -0.412 e. The van der Waals surface area contributed by atoms with Crippen LogP contribution in [0, 0.1) is 0 Å². The van der Waals surface area contributed by atoms with E-state index in [1.165, 1.54) is 0 Å². The average molecular weight is 367 g/mol. The predicted octanol–water partition coefficient (Wildman–Crippen LogP) is -0.334. The lowest BCUT2D eigenvalue weighted by Crippen LogP contribution is -2.19. The fraction of sp³-hybridized carbons (Fsp3) is 0.188. The molecule has 0 aliphatic heterocycles. The van der Waals surface area contributed by atoms with E-state index < -0.39 is 6.10 Å². The van der Waals surface area contributed by atoms with Crippen molar-refractivity contribution in [2.24, 2.45) is 5.14 Å². The largest absolute Gasteiger partial charge is 0.412 e. The fourth-order valence-corrected chi connectivity index (χ4v) is 2.92. The molecule has 136 valence electrons. The van der Waals surface area contributed by atoms with E-state index in [1.807, 2.05) is 30.5 Å². The molecule has 0 aliphatic carbocycles. The van der Waals surface area contributed by atoms with E-state index >= 15 is 0 Å². The first kappa shape index (κ1) is 20.9. The van der Waals surface area contributed by atoms with Gasteiger partial charge < -0.3 is 30.7 Å². The van der Waals surface area contributed by atoms with Crippen molar-refractivity contribution in [2.75, 3.05) is 6.61 Å². The molecule has 0 radical (unpaired) electrons. The number of hydrogen-bond acceptors (Lipinski definition) is 5. The first-order chi connectivity index (χ1) is 11.1. The van der Waals surface area contributed by atoms with Gasteiger partial charge in [0.25, 0.3) is 5.56 Å². The normalized spacial score (nSPS) is 11.6. The quantitative estimate of drug-likeness (QED) is 0.452. The molecule has 8 nitrogen and oxygen atoms in total. The molecule has 0 aliphatic rings. The Hall–Kier alpha value is -2.14. The molecule has 1 atom stereocenters. The first-order valence-electron chi connectivity index (χ1n) is 7.10. The molecule has 9 heteroatoms. The van der Waals surface area contributed by atoms with Crippen molar-refractivity contribution in [1.82, 2.24) is 9.55 Å². The maximum atomic E-state index is 12.3. The number of pyridine rings is 1. The van der Waals surface area contributed by atoms with E-state index in [9.17, 15) is 9.90 Å². The van der Waals surface area contributed by atoms with E-state index in [0.717, 1.165) is 28.0 Å². The van der Waals surface area contributed by atoms with Crippen molar-refractivity contribution >= 4 is 22.9 Å². The summed E-state index contributed by atoms with van der Waals surface area (Å²) in [5.41, 5.74) is 2.20. The van der Waals surface area contributed by atoms with Crippen molar-refractivity contribution in [1.29, 1.82) is 0 Å². The Bertz CT molecular complexity index is 876. The third-order valence-corrected chi connectivity index (χ3v) is 4.27. The molecule has 2 heterocycles. The van der Waals surface area contributed by atoms with Gasteiger partial charge in [-0.25, -0.2) is 0 Å². The van der Waals surface area contributed by atoms with Crippen LogP contribution in [0.2, 0.25) is 0 Å². The minimum absolute atomic E-state index is 0. The maximum Gasteiger partial charge on any atom is 0.258 e. The molecule has 3 rings (SSSR count). The summed E-state index contributed by atoms with van der Waals surface area (Å²) in [5, 5.41) is 24.9. The van der Waals surface area contributed by atoms with Crippen LogP contribution in [0.5, 0.6) is 0 Å². The van der Waals surface area contributed by atoms with Gasteiger partial charge >= 0.3 is 0 Å². The molecule has 25 heavy (non-hydrogen) atoms. The highest BCUT2D eigenvalue weighted by molar-refractivity contribution is 7.97. The smallest absolute Gasteiger partial charge is 0.258 e. The number of aliphatic hydroxyl groups is 2. The molecule has 0 amide bonds. The van der Waals surface area contributed by atoms with Crippen molar-refractivity contribution in [3.05, 3.63) is 53.1 Å². The lowest BCUT2D eigenvalue weighted by Gasteiger charge is -2.09. The number of nitrogens with one attached hydrogen (secondary N) is 1. The summed E-state index contributed by atoms with van der Waals surface area (Å²) in [6.07, 6.45) is 2.52. The highest BCUT2D eigenvalue weighted by Gasteiger charge is 2.15. The van der Waals surface area contributed by atoms with E-state index in [-0.39, 0.29) is 29.7 Å². The summed E-state index contributed by atoms with van der Waals surface area (Å²) in [6.45, 7) is -0.117. The van der Waals surface area contributed by atoms with E-state index in [0.29, 0.717) is 10.9 Å². The summed E-state index contributed by atoms with van der Waals surface area (Å²) in [5.74, 6) is 0. The predicted molar refractivity (Wildman–Crippen MR) is 98.4 cm³/mol. The fourth-order valence-electron chi connectivity index (χ4n) is 2.63. The summed E-state index contributed by atoms with van der Waals surface area (Å²) in [6, 6.07) is 9.38. The molecular formula is C16H21N3O5S. The molecule has 9 N–H and O–H groups in total. The molecular weight excluding hydrogens is 346 g/mol. The van der Waals surface area contributed by atoms with Crippen LogP contribution in [0.3, 0.4) is 0 Å². The number of nitrogens with zero attached hydrogens (tertiary/aromatic N) is 1. The number of fused-ring (bicyclic) bond motifs is 1. The van der Waals surface area contributed by atoms with Gasteiger partial charge in [0.15, 0.2) is 0 Å². The van der Waals surface area contributed by atoms with Gasteiger partial charge in [0.1, 0.15) is 0 Å². The minimum atomic E-state index is -0.881. The van der Waals surface area contributed by atoms with Crippen LogP contribution in [-0.2, 0) is 6.54 Å². The van der Waals surface area contributed by atoms with Crippen LogP contribution >= 0.6 is 11.9 Å². The van der Waals surface area contributed by atoms with Gasteiger partial charge in [-0.2, -0.15) is 0 Å². The standard InChI is InChI=1S/C16H17N3O3S.2H2O/c17-23-12-3-1-10(2-4-12)13-8-19(7-11(21)9-20)14-5-6-18-16(22)15(13)14;;/h1-6,8,11,20-21H,7,9,17H2,(H,18,22);2*1H2. The Kier molecular flexibility index (Phi) is 7.37. The average Bonchev–Trinajstić information content (AvgIpc) is 2.95. The molecule has 2 aromatic heterocycles.